The van der Waals surface area contributed by atoms with Crippen molar-refractivity contribution in [2.75, 3.05) is 0 Å². The van der Waals surface area contributed by atoms with Gasteiger partial charge in [0.15, 0.2) is 0 Å². The van der Waals surface area contributed by atoms with Gasteiger partial charge in [0.25, 0.3) is 0 Å². The Kier molecular flexibility index (Phi) is 2.99. The monoisotopic (exact) mass is 221 g/mol. The molecule has 0 aliphatic rings. The largest absolute Gasteiger partial charge is 0.508 e. The molecule has 0 bridgehead atoms. The van der Waals surface area contributed by atoms with Gasteiger partial charge in [-0.2, -0.15) is 0 Å². The SMILES string of the molecule is OCc1cnc(Cc2cccc(O)c2)s1. The Hall–Kier alpha value is -1.39. The number of phenols is 1. The fraction of sp³-hybridized carbons (Fsp3) is 0.182. The first kappa shape index (κ1) is 10.1. The maximum Gasteiger partial charge on any atom is 0.115 e. The van der Waals surface area contributed by atoms with Crippen molar-refractivity contribution in [2.45, 2.75) is 13.0 Å². The Labute approximate surface area is 91.7 Å². The van der Waals surface area contributed by atoms with E-state index in [1.54, 1.807) is 18.3 Å². The van der Waals surface area contributed by atoms with E-state index in [-0.39, 0.29) is 12.4 Å². The van der Waals surface area contributed by atoms with Crippen LogP contribution >= 0.6 is 11.3 Å². The van der Waals surface area contributed by atoms with Gasteiger partial charge in [0.1, 0.15) is 5.75 Å². The van der Waals surface area contributed by atoms with Crippen LogP contribution in [0.4, 0.5) is 0 Å². The maximum atomic E-state index is 9.29. The zero-order valence-corrected chi connectivity index (χ0v) is 8.87. The molecule has 2 aromatic rings. The van der Waals surface area contributed by atoms with Gasteiger partial charge in [0, 0.05) is 12.6 Å². The molecule has 78 valence electrons. The number of phenolic OH excluding ortho intramolecular Hbond substituents is 1. The molecule has 2 N–H and O–H groups in total. The summed E-state index contributed by atoms with van der Waals surface area (Å²) in [6.45, 7) is 0.0394. The summed E-state index contributed by atoms with van der Waals surface area (Å²) in [5, 5.41) is 19.1. The lowest BCUT2D eigenvalue weighted by Gasteiger charge is -1.98. The summed E-state index contributed by atoms with van der Waals surface area (Å²) in [5.41, 5.74) is 1.02. The highest BCUT2D eigenvalue weighted by molar-refractivity contribution is 7.11. The first-order valence-electron chi connectivity index (χ1n) is 4.60. The van der Waals surface area contributed by atoms with Crippen LogP contribution in [0.3, 0.4) is 0 Å². The number of aliphatic hydroxyl groups is 1. The van der Waals surface area contributed by atoms with Gasteiger partial charge in [-0.05, 0) is 17.7 Å². The summed E-state index contributed by atoms with van der Waals surface area (Å²) in [7, 11) is 0. The molecule has 0 unspecified atom stereocenters. The third-order valence-electron chi connectivity index (χ3n) is 2.02. The van der Waals surface area contributed by atoms with Crippen LogP contribution in [0.15, 0.2) is 30.5 Å². The van der Waals surface area contributed by atoms with Gasteiger partial charge >= 0.3 is 0 Å². The summed E-state index contributed by atoms with van der Waals surface area (Å²) >= 11 is 1.49. The van der Waals surface area contributed by atoms with Gasteiger partial charge in [-0.25, -0.2) is 4.98 Å². The first-order chi connectivity index (χ1) is 7.28. The van der Waals surface area contributed by atoms with Crippen molar-refractivity contribution in [1.29, 1.82) is 0 Å². The molecule has 2 rings (SSSR count). The van der Waals surface area contributed by atoms with E-state index in [2.05, 4.69) is 4.98 Å². The van der Waals surface area contributed by atoms with Crippen molar-refractivity contribution in [3.05, 3.63) is 45.9 Å². The average molecular weight is 221 g/mol. The Morgan fingerprint density at radius 3 is 2.87 bits per heavy atom. The topological polar surface area (TPSA) is 53.4 Å². The highest BCUT2D eigenvalue weighted by Crippen LogP contribution is 2.19. The molecule has 0 saturated carbocycles. The molecule has 0 aliphatic heterocycles. The molecule has 0 saturated heterocycles. The maximum absolute atomic E-state index is 9.29. The lowest BCUT2D eigenvalue weighted by molar-refractivity contribution is 0.285. The summed E-state index contributed by atoms with van der Waals surface area (Å²) in [6, 6.07) is 7.12. The number of aromatic nitrogens is 1. The number of rotatable bonds is 3. The van der Waals surface area contributed by atoms with Crippen molar-refractivity contribution >= 4 is 11.3 Å². The van der Waals surface area contributed by atoms with Crippen molar-refractivity contribution in [3.8, 4) is 5.75 Å². The summed E-state index contributed by atoms with van der Waals surface area (Å²) in [6.07, 6.45) is 2.38. The van der Waals surface area contributed by atoms with E-state index in [0.717, 1.165) is 15.4 Å². The van der Waals surface area contributed by atoms with Gasteiger partial charge in [0.2, 0.25) is 0 Å². The van der Waals surface area contributed by atoms with E-state index in [0.29, 0.717) is 6.42 Å². The van der Waals surface area contributed by atoms with Gasteiger partial charge in [-0.1, -0.05) is 12.1 Å². The predicted molar refractivity (Wildman–Crippen MR) is 58.9 cm³/mol. The number of hydrogen-bond acceptors (Lipinski definition) is 4. The molecule has 1 heterocycles. The Morgan fingerprint density at radius 2 is 2.20 bits per heavy atom. The second-order valence-electron chi connectivity index (χ2n) is 3.23. The molecule has 0 fully saturated rings. The molecule has 0 spiro atoms. The standard InChI is InChI=1S/C11H11NO2S/c13-7-10-6-12-11(15-10)5-8-2-1-3-9(14)4-8/h1-4,6,13-14H,5,7H2. The van der Waals surface area contributed by atoms with Gasteiger partial charge in [-0.15, -0.1) is 11.3 Å². The van der Waals surface area contributed by atoms with E-state index < -0.39 is 0 Å². The quantitative estimate of drug-likeness (QED) is 0.832. The van der Waals surface area contributed by atoms with Gasteiger partial charge in [0.05, 0.1) is 16.5 Å². The van der Waals surface area contributed by atoms with Crippen LogP contribution in [0.5, 0.6) is 5.75 Å². The third kappa shape index (κ3) is 2.55. The summed E-state index contributed by atoms with van der Waals surface area (Å²) in [5.74, 6) is 0.270. The lowest BCUT2D eigenvalue weighted by Crippen LogP contribution is -1.85. The van der Waals surface area contributed by atoms with E-state index in [9.17, 15) is 5.11 Å². The first-order valence-corrected chi connectivity index (χ1v) is 5.42. The van der Waals surface area contributed by atoms with Crippen LogP contribution in [-0.4, -0.2) is 15.2 Å². The molecule has 1 aromatic heterocycles. The molecule has 0 aliphatic carbocycles. The molecule has 0 amide bonds. The number of thiazole rings is 1. The van der Waals surface area contributed by atoms with E-state index in [4.69, 9.17) is 5.11 Å². The average Bonchev–Trinajstić information content (AvgIpc) is 2.65. The second-order valence-corrected chi connectivity index (χ2v) is 4.42. The predicted octanol–water partition coefficient (Wildman–Crippen LogP) is 1.93. The molecule has 3 nitrogen and oxygen atoms in total. The second kappa shape index (κ2) is 4.42. The minimum absolute atomic E-state index is 0.0394. The fourth-order valence-electron chi connectivity index (χ4n) is 1.34. The van der Waals surface area contributed by atoms with Crippen molar-refractivity contribution in [1.82, 2.24) is 4.98 Å². The fourth-order valence-corrected chi connectivity index (χ4v) is 2.16. The van der Waals surface area contributed by atoms with Crippen molar-refractivity contribution in [3.63, 3.8) is 0 Å². The minimum Gasteiger partial charge on any atom is -0.508 e. The minimum atomic E-state index is 0.0394. The highest BCUT2D eigenvalue weighted by Gasteiger charge is 2.02. The summed E-state index contributed by atoms with van der Waals surface area (Å²) in [4.78, 5) is 5.05. The molecular weight excluding hydrogens is 210 g/mol. The Morgan fingerprint density at radius 1 is 1.33 bits per heavy atom. The number of benzene rings is 1. The van der Waals surface area contributed by atoms with Gasteiger partial charge in [-0.3, -0.25) is 0 Å². The number of aliphatic hydroxyl groups excluding tert-OH is 1. The zero-order valence-electron chi connectivity index (χ0n) is 8.05. The Bertz CT molecular complexity index is 453. The van der Waals surface area contributed by atoms with Crippen LogP contribution in [0.1, 0.15) is 15.4 Å². The smallest absolute Gasteiger partial charge is 0.115 e. The molecule has 1 aromatic carbocycles. The molecule has 0 radical (unpaired) electrons. The van der Waals surface area contributed by atoms with E-state index >= 15 is 0 Å². The van der Waals surface area contributed by atoms with Crippen LogP contribution in [0.25, 0.3) is 0 Å². The number of nitrogens with zero attached hydrogens (tertiary/aromatic N) is 1. The molecular formula is C11H11NO2S. The normalized spacial score (nSPS) is 10.5. The van der Waals surface area contributed by atoms with Gasteiger partial charge < -0.3 is 10.2 Å². The van der Waals surface area contributed by atoms with Crippen molar-refractivity contribution < 1.29 is 10.2 Å². The van der Waals surface area contributed by atoms with Crippen LogP contribution in [-0.2, 0) is 13.0 Å². The number of aromatic hydroxyl groups is 1. The Balaban J connectivity index is 2.14. The zero-order chi connectivity index (χ0) is 10.7. The van der Waals surface area contributed by atoms with Crippen LogP contribution < -0.4 is 0 Å². The number of hydrogen-bond donors (Lipinski definition) is 2. The highest BCUT2D eigenvalue weighted by atomic mass is 32.1. The van der Waals surface area contributed by atoms with Crippen molar-refractivity contribution in [2.24, 2.45) is 0 Å². The lowest BCUT2D eigenvalue weighted by atomic mass is 10.1. The van der Waals surface area contributed by atoms with Crippen LogP contribution in [0.2, 0.25) is 0 Å². The third-order valence-corrected chi connectivity index (χ3v) is 3.01. The van der Waals surface area contributed by atoms with Crippen LogP contribution in [0, 0.1) is 0 Å². The van der Waals surface area contributed by atoms with E-state index in [1.807, 2.05) is 12.1 Å². The summed E-state index contributed by atoms with van der Waals surface area (Å²) < 4.78 is 0. The van der Waals surface area contributed by atoms with E-state index in [1.165, 1.54) is 11.3 Å². The molecule has 15 heavy (non-hydrogen) atoms. The molecule has 4 heteroatoms. The molecule has 0 atom stereocenters.